The van der Waals surface area contributed by atoms with Gasteiger partial charge in [-0.3, -0.25) is 9.36 Å². The van der Waals surface area contributed by atoms with Crippen molar-refractivity contribution in [3.05, 3.63) is 95.8 Å². The zero-order chi connectivity index (χ0) is 24.8. The van der Waals surface area contributed by atoms with Crippen LogP contribution >= 0.6 is 11.8 Å². The van der Waals surface area contributed by atoms with Gasteiger partial charge < -0.3 is 10.1 Å². The van der Waals surface area contributed by atoms with E-state index in [0.29, 0.717) is 16.9 Å². The van der Waals surface area contributed by atoms with Crippen LogP contribution in [-0.4, -0.2) is 26.4 Å². The molecule has 0 aliphatic heterocycles. The van der Waals surface area contributed by atoms with E-state index in [4.69, 9.17) is 4.74 Å². The molecule has 1 N–H and O–H groups in total. The highest BCUT2D eigenvalue weighted by molar-refractivity contribution is 7.99. The lowest BCUT2D eigenvalue weighted by Gasteiger charge is -2.17. The minimum atomic E-state index is -0.344. The summed E-state index contributed by atoms with van der Waals surface area (Å²) in [6.07, 6.45) is -0.344. The average molecular weight is 487 g/mol. The second-order valence-electron chi connectivity index (χ2n) is 8.70. The van der Waals surface area contributed by atoms with Gasteiger partial charge in [0.15, 0.2) is 17.1 Å². The van der Waals surface area contributed by atoms with Crippen molar-refractivity contribution in [2.75, 3.05) is 11.1 Å². The molecule has 7 heteroatoms. The summed E-state index contributed by atoms with van der Waals surface area (Å²) >= 11 is 1.34. The molecule has 1 aromatic heterocycles. The summed E-state index contributed by atoms with van der Waals surface area (Å²) in [5, 5.41) is 12.4. The van der Waals surface area contributed by atoms with E-state index in [1.807, 2.05) is 85.1 Å². The number of hydrogen-bond donors (Lipinski definition) is 1. The van der Waals surface area contributed by atoms with Gasteiger partial charge in [-0.05, 0) is 61.7 Å². The molecule has 0 bridgehead atoms. The molecule has 0 saturated heterocycles. The van der Waals surface area contributed by atoms with E-state index in [-0.39, 0.29) is 17.8 Å². The van der Waals surface area contributed by atoms with Crippen molar-refractivity contribution in [3.63, 3.8) is 0 Å². The zero-order valence-corrected chi connectivity index (χ0v) is 21.3. The van der Waals surface area contributed by atoms with E-state index in [1.165, 1.54) is 17.3 Å². The Bertz CT molecular complexity index is 1250. The standard InChI is InChI=1S/C28H30N4O2S/c1-19(2)22-12-16-25(17-13-22)34-21(4)27-30-31-28(32(27)24-8-6-5-7-9-24)35-18-26(33)29-23-14-10-20(3)11-15-23/h5-17,19,21H,18H2,1-4H3,(H,29,33). The molecule has 1 heterocycles. The Morgan fingerprint density at radius 3 is 2.29 bits per heavy atom. The van der Waals surface area contributed by atoms with Crippen molar-refractivity contribution in [1.29, 1.82) is 0 Å². The summed E-state index contributed by atoms with van der Waals surface area (Å²) in [4.78, 5) is 12.6. The molecule has 4 aromatic rings. The van der Waals surface area contributed by atoms with Crippen LogP contribution in [0, 0.1) is 6.92 Å². The molecule has 0 aliphatic carbocycles. The van der Waals surface area contributed by atoms with E-state index < -0.39 is 0 Å². The van der Waals surface area contributed by atoms with Crippen molar-refractivity contribution in [1.82, 2.24) is 14.8 Å². The largest absolute Gasteiger partial charge is 0.483 e. The van der Waals surface area contributed by atoms with Gasteiger partial charge in [-0.1, -0.05) is 73.6 Å². The third-order valence-electron chi connectivity index (χ3n) is 5.56. The number of rotatable bonds is 9. The monoisotopic (exact) mass is 486 g/mol. The Balaban J connectivity index is 1.51. The molecule has 0 spiro atoms. The van der Waals surface area contributed by atoms with Crippen molar-refractivity contribution in [3.8, 4) is 11.4 Å². The molecular weight excluding hydrogens is 456 g/mol. The number of thioether (sulfide) groups is 1. The van der Waals surface area contributed by atoms with Gasteiger partial charge in [0.05, 0.1) is 5.75 Å². The fourth-order valence-electron chi connectivity index (χ4n) is 3.61. The number of carbonyl (C=O) groups excluding carboxylic acids is 1. The number of aryl methyl sites for hydroxylation is 1. The first-order valence-electron chi connectivity index (χ1n) is 11.7. The van der Waals surface area contributed by atoms with E-state index in [1.54, 1.807) is 0 Å². The van der Waals surface area contributed by atoms with Crippen LogP contribution in [0.4, 0.5) is 5.69 Å². The summed E-state index contributed by atoms with van der Waals surface area (Å²) in [5.41, 5.74) is 4.10. The zero-order valence-electron chi connectivity index (χ0n) is 20.4. The van der Waals surface area contributed by atoms with E-state index >= 15 is 0 Å². The fraction of sp³-hybridized carbons (Fsp3) is 0.250. The Morgan fingerprint density at radius 1 is 0.943 bits per heavy atom. The number of nitrogens with zero attached hydrogens (tertiary/aromatic N) is 3. The SMILES string of the molecule is Cc1ccc(NC(=O)CSc2nnc(C(C)Oc3ccc(C(C)C)cc3)n2-c2ccccc2)cc1. The highest BCUT2D eigenvalue weighted by atomic mass is 32.2. The fourth-order valence-corrected chi connectivity index (χ4v) is 4.37. The lowest BCUT2D eigenvalue weighted by molar-refractivity contribution is -0.113. The highest BCUT2D eigenvalue weighted by Gasteiger charge is 2.21. The first-order chi connectivity index (χ1) is 16.9. The first kappa shape index (κ1) is 24.5. The number of amides is 1. The van der Waals surface area contributed by atoms with Crippen LogP contribution in [0.5, 0.6) is 5.75 Å². The maximum absolute atomic E-state index is 12.6. The Labute approximate surface area is 210 Å². The molecule has 180 valence electrons. The molecule has 0 aliphatic rings. The molecule has 1 unspecified atom stereocenters. The minimum absolute atomic E-state index is 0.0995. The molecule has 4 rings (SSSR count). The third-order valence-corrected chi connectivity index (χ3v) is 6.49. The number of nitrogens with one attached hydrogen (secondary N) is 1. The van der Waals surface area contributed by atoms with Gasteiger partial charge in [-0.15, -0.1) is 10.2 Å². The van der Waals surface area contributed by atoms with Gasteiger partial charge in [0, 0.05) is 11.4 Å². The number of carbonyl (C=O) groups is 1. The van der Waals surface area contributed by atoms with Gasteiger partial charge in [0.1, 0.15) is 5.75 Å². The molecule has 3 aromatic carbocycles. The van der Waals surface area contributed by atoms with Crippen LogP contribution in [0.1, 0.15) is 49.7 Å². The topological polar surface area (TPSA) is 69.0 Å². The van der Waals surface area contributed by atoms with Crippen molar-refractivity contribution in [2.24, 2.45) is 0 Å². The third kappa shape index (κ3) is 6.31. The van der Waals surface area contributed by atoms with Crippen LogP contribution in [0.15, 0.2) is 84.0 Å². The van der Waals surface area contributed by atoms with Crippen LogP contribution in [-0.2, 0) is 4.79 Å². The maximum atomic E-state index is 12.6. The Hall–Kier alpha value is -3.58. The van der Waals surface area contributed by atoms with Crippen LogP contribution < -0.4 is 10.1 Å². The molecule has 1 amide bonds. The molecule has 0 saturated carbocycles. The normalized spacial score (nSPS) is 11.9. The summed E-state index contributed by atoms with van der Waals surface area (Å²) in [5.74, 6) is 2.02. The quantitative estimate of drug-likeness (QED) is 0.271. The molecule has 35 heavy (non-hydrogen) atoms. The van der Waals surface area contributed by atoms with Crippen LogP contribution in [0.3, 0.4) is 0 Å². The summed E-state index contributed by atoms with van der Waals surface area (Å²) in [6, 6.07) is 25.8. The highest BCUT2D eigenvalue weighted by Crippen LogP contribution is 2.28. The number of para-hydroxylation sites is 1. The average Bonchev–Trinajstić information content (AvgIpc) is 3.29. The van der Waals surface area contributed by atoms with Crippen LogP contribution in [0.25, 0.3) is 5.69 Å². The van der Waals surface area contributed by atoms with Crippen molar-refractivity contribution in [2.45, 2.75) is 44.9 Å². The van der Waals surface area contributed by atoms with Gasteiger partial charge in [-0.2, -0.15) is 0 Å². The van der Waals surface area contributed by atoms with E-state index in [2.05, 4.69) is 41.5 Å². The number of hydrogen-bond acceptors (Lipinski definition) is 5. The number of anilines is 1. The number of benzene rings is 3. The molecule has 1 atom stereocenters. The summed E-state index contributed by atoms with van der Waals surface area (Å²) in [6.45, 7) is 8.31. The molecule has 6 nitrogen and oxygen atoms in total. The smallest absolute Gasteiger partial charge is 0.234 e. The molecule has 0 fully saturated rings. The van der Waals surface area contributed by atoms with E-state index in [9.17, 15) is 4.79 Å². The molecule has 0 radical (unpaired) electrons. The van der Waals surface area contributed by atoms with Gasteiger partial charge >= 0.3 is 0 Å². The molecular formula is C28H30N4O2S. The van der Waals surface area contributed by atoms with Crippen molar-refractivity contribution < 1.29 is 9.53 Å². The summed E-state index contributed by atoms with van der Waals surface area (Å²) in [7, 11) is 0. The maximum Gasteiger partial charge on any atom is 0.234 e. The first-order valence-corrected chi connectivity index (χ1v) is 12.7. The van der Waals surface area contributed by atoms with Crippen molar-refractivity contribution >= 4 is 23.4 Å². The second kappa shape index (κ2) is 11.2. The predicted octanol–water partition coefficient (Wildman–Crippen LogP) is 6.57. The van der Waals surface area contributed by atoms with Gasteiger partial charge in [-0.25, -0.2) is 0 Å². The van der Waals surface area contributed by atoms with Gasteiger partial charge in [0.25, 0.3) is 0 Å². The Kier molecular flexibility index (Phi) is 7.87. The van der Waals surface area contributed by atoms with Gasteiger partial charge in [0.2, 0.25) is 5.91 Å². The van der Waals surface area contributed by atoms with Crippen LogP contribution in [0.2, 0.25) is 0 Å². The minimum Gasteiger partial charge on any atom is -0.483 e. The summed E-state index contributed by atoms with van der Waals surface area (Å²) < 4.78 is 8.17. The second-order valence-corrected chi connectivity index (χ2v) is 9.64. The van der Waals surface area contributed by atoms with E-state index in [0.717, 1.165) is 22.7 Å². The number of aromatic nitrogens is 3. The lowest BCUT2D eigenvalue weighted by Crippen LogP contribution is -2.15. The predicted molar refractivity (Wildman–Crippen MR) is 141 cm³/mol. The lowest BCUT2D eigenvalue weighted by atomic mass is 10.0. The number of ether oxygens (including phenoxy) is 1. The Morgan fingerprint density at radius 2 is 1.63 bits per heavy atom.